The number of carbonyl (C=O) groups is 3. The average molecular weight is 359 g/mol. The van der Waals surface area contributed by atoms with E-state index >= 15 is 0 Å². The van der Waals surface area contributed by atoms with E-state index in [9.17, 15) is 14.4 Å². The Hall–Kier alpha value is -2.47. The zero-order chi connectivity index (χ0) is 15.7. The number of nitrogens with zero attached hydrogens (tertiary/aromatic N) is 1. The molecule has 0 fully saturated rings. The lowest BCUT2D eigenvalue weighted by atomic mass is 10.1. The van der Waals surface area contributed by atoms with Gasteiger partial charge in [-0.2, -0.15) is 0 Å². The van der Waals surface area contributed by atoms with Crippen molar-refractivity contribution in [2.24, 2.45) is 0 Å². The zero-order valence-corrected chi connectivity index (χ0v) is 13.0. The van der Waals surface area contributed by atoms with Crippen molar-refractivity contribution in [2.75, 3.05) is 6.67 Å². The lowest BCUT2D eigenvalue weighted by molar-refractivity contribution is 0.0635. The second kappa shape index (κ2) is 5.73. The van der Waals surface area contributed by atoms with Crippen LogP contribution in [0.1, 0.15) is 31.1 Å². The molecule has 110 valence electrons. The van der Waals surface area contributed by atoms with Gasteiger partial charge in [0.2, 0.25) is 0 Å². The van der Waals surface area contributed by atoms with Gasteiger partial charge in [0.25, 0.3) is 17.7 Å². The van der Waals surface area contributed by atoms with Crippen LogP contribution in [0.5, 0.6) is 0 Å². The highest BCUT2D eigenvalue weighted by Crippen LogP contribution is 2.21. The lowest BCUT2D eigenvalue weighted by Gasteiger charge is -2.14. The third-order valence-corrected chi connectivity index (χ3v) is 3.91. The van der Waals surface area contributed by atoms with Gasteiger partial charge >= 0.3 is 0 Å². The molecule has 2 aromatic rings. The van der Waals surface area contributed by atoms with E-state index in [4.69, 9.17) is 0 Å². The summed E-state index contributed by atoms with van der Waals surface area (Å²) in [4.78, 5) is 37.3. The summed E-state index contributed by atoms with van der Waals surface area (Å²) in [6, 6.07) is 13.4. The SMILES string of the molecule is O=C(NCN1C(=O)c2ccccc2C1=O)c1ccc(Br)cc1. The van der Waals surface area contributed by atoms with Crippen molar-refractivity contribution in [3.05, 3.63) is 69.7 Å². The van der Waals surface area contributed by atoms with E-state index in [-0.39, 0.29) is 12.6 Å². The van der Waals surface area contributed by atoms with Crippen LogP contribution < -0.4 is 5.32 Å². The van der Waals surface area contributed by atoms with Crippen LogP contribution in [0.15, 0.2) is 53.0 Å². The Kier molecular flexibility index (Phi) is 3.77. The van der Waals surface area contributed by atoms with Crippen LogP contribution in [0.25, 0.3) is 0 Å². The molecule has 0 radical (unpaired) electrons. The van der Waals surface area contributed by atoms with Crippen molar-refractivity contribution in [3.63, 3.8) is 0 Å². The van der Waals surface area contributed by atoms with Crippen LogP contribution in [-0.2, 0) is 0 Å². The highest BCUT2D eigenvalue weighted by Gasteiger charge is 2.35. The smallest absolute Gasteiger partial charge is 0.263 e. The van der Waals surface area contributed by atoms with E-state index in [0.29, 0.717) is 16.7 Å². The minimum absolute atomic E-state index is 0.152. The summed E-state index contributed by atoms with van der Waals surface area (Å²) >= 11 is 3.29. The number of rotatable bonds is 3. The summed E-state index contributed by atoms with van der Waals surface area (Å²) in [6.07, 6.45) is 0. The Morgan fingerprint density at radius 2 is 1.50 bits per heavy atom. The quantitative estimate of drug-likeness (QED) is 0.856. The lowest BCUT2D eigenvalue weighted by Crippen LogP contribution is -2.40. The first kappa shape index (κ1) is 14.5. The van der Waals surface area contributed by atoms with Crippen LogP contribution >= 0.6 is 15.9 Å². The first-order valence-electron chi connectivity index (χ1n) is 6.57. The molecule has 0 atom stereocenters. The van der Waals surface area contributed by atoms with Crippen molar-refractivity contribution in [2.45, 2.75) is 0 Å². The molecule has 5 nitrogen and oxygen atoms in total. The van der Waals surface area contributed by atoms with E-state index in [2.05, 4.69) is 21.2 Å². The van der Waals surface area contributed by atoms with Crippen molar-refractivity contribution in [1.82, 2.24) is 10.2 Å². The number of nitrogens with one attached hydrogen (secondary N) is 1. The minimum atomic E-state index is -0.392. The molecule has 1 aliphatic rings. The molecule has 0 spiro atoms. The molecule has 1 aliphatic heterocycles. The molecular formula is C16H11BrN2O3. The third-order valence-electron chi connectivity index (χ3n) is 3.38. The van der Waals surface area contributed by atoms with Gasteiger partial charge in [-0.25, -0.2) is 0 Å². The van der Waals surface area contributed by atoms with Crippen molar-refractivity contribution in [3.8, 4) is 0 Å². The number of fused-ring (bicyclic) bond motifs is 1. The normalized spacial score (nSPS) is 13.2. The largest absolute Gasteiger partial charge is 0.334 e. The standard InChI is InChI=1S/C16H11BrN2O3/c17-11-7-5-10(6-8-11)14(20)18-9-19-15(21)12-3-1-2-4-13(12)16(19)22/h1-8H,9H2,(H,18,20). The van der Waals surface area contributed by atoms with Crippen LogP contribution in [0.3, 0.4) is 0 Å². The summed E-state index contributed by atoms with van der Waals surface area (Å²) in [6.45, 7) is -0.152. The van der Waals surface area contributed by atoms with Gasteiger partial charge in [-0.05, 0) is 36.4 Å². The summed E-state index contributed by atoms with van der Waals surface area (Å²) < 4.78 is 0.865. The maximum Gasteiger partial charge on any atom is 0.263 e. The first-order chi connectivity index (χ1) is 10.6. The highest BCUT2D eigenvalue weighted by molar-refractivity contribution is 9.10. The molecule has 0 aliphatic carbocycles. The number of carbonyl (C=O) groups excluding carboxylic acids is 3. The molecule has 3 rings (SSSR count). The molecule has 0 aromatic heterocycles. The monoisotopic (exact) mass is 358 g/mol. The molecule has 0 saturated heterocycles. The Morgan fingerprint density at radius 1 is 0.955 bits per heavy atom. The summed E-state index contributed by atoms with van der Waals surface area (Å²) in [5.74, 6) is -1.13. The zero-order valence-electron chi connectivity index (χ0n) is 11.4. The predicted molar refractivity (Wildman–Crippen MR) is 83.4 cm³/mol. The second-order valence-corrected chi connectivity index (χ2v) is 5.67. The Bertz CT molecular complexity index is 736. The fraction of sp³-hybridized carbons (Fsp3) is 0.0625. The molecule has 3 amide bonds. The fourth-order valence-corrected chi connectivity index (χ4v) is 2.50. The second-order valence-electron chi connectivity index (χ2n) is 4.75. The maximum atomic E-state index is 12.1. The van der Waals surface area contributed by atoms with Gasteiger partial charge < -0.3 is 5.32 Å². The summed E-state index contributed by atoms with van der Waals surface area (Å²) in [5.41, 5.74) is 1.19. The van der Waals surface area contributed by atoms with Gasteiger partial charge in [-0.1, -0.05) is 28.1 Å². The number of imide groups is 1. The van der Waals surface area contributed by atoms with Crippen molar-refractivity contribution >= 4 is 33.7 Å². The highest BCUT2D eigenvalue weighted by atomic mass is 79.9. The van der Waals surface area contributed by atoms with Crippen LogP contribution in [-0.4, -0.2) is 29.3 Å². The third kappa shape index (κ3) is 2.53. The van der Waals surface area contributed by atoms with E-state index in [0.717, 1.165) is 9.37 Å². The molecule has 2 aromatic carbocycles. The average Bonchev–Trinajstić information content (AvgIpc) is 2.78. The molecule has 6 heteroatoms. The molecule has 1 heterocycles. The molecule has 0 bridgehead atoms. The van der Waals surface area contributed by atoms with Gasteiger partial charge in [0, 0.05) is 10.0 Å². The Balaban J connectivity index is 1.70. The molecule has 22 heavy (non-hydrogen) atoms. The minimum Gasteiger partial charge on any atom is -0.334 e. The topological polar surface area (TPSA) is 66.5 Å². The van der Waals surface area contributed by atoms with E-state index < -0.39 is 11.8 Å². The number of hydrogen-bond donors (Lipinski definition) is 1. The van der Waals surface area contributed by atoms with Gasteiger partial charge in [-0.15, -0.1) is 0 Å². The van der Waals surface area contributed by atoms with E-state index in [1.807, 2.05) is 0 Å². The fourth-order valence-electron chi connectivity index (χ4n) is 2.24. The summed E-state index contributed by atoms with van der Waals surface area (Å²) in [7, 11) is 0. The van der Waals surface area contributed by atoms with Crippen LogP contribution in [0, 0.1) is 0 Å². The molecular weight excluding hydrogens is 348 g/mol. The van der Waals surface area contributed by atoms with Gasteiger partial charge in [0.15, 0.2) is 0 Å². The predicted octanol–water partition coefficient (Wildman–Crippen LogP) is 2.43. The molecule has 0 unspecified atom stereocenters. The Labute approximate surface area is 135 Å². The van der Waals surface area contributed by atoms with Crippen molar-refractivity contribution in [1.29, 1.82) is 0 Å². The Morgan fingerprint density at radius 3 is 2.05 bits per heavy atom. The van der Waals surface area contributed by atoms with Gasteiger partial charge in [-0.3, -0.25) is 19.3 Å². The number of amides is 3. The van der Waals surface area contributed by atoms with Crippen LogP contribution in [0.4, 0.5) is 0 Å². The maximum absolute atomic E-state index is 12.1. The van der Waals surface area contributed by atoms with Crippen molar-refractivity contribution < 1.29 is 14.4 Å². The molecule has 1 N–H and O–H groups in total. The molecule has 0 saturated carbocycles. The number of benzene rings is 2. The van der Waals surface area contributed by atoms with E-state index in [1.54, 1.807) is 48.5 Å². The summed E-state index contributed by atoms with van der Waals surface area (Å²) in [5, 5.41) is 2.59. The van der Waals surface area contributed by atoms with Crippen LogP contribution in [0.2, 0.25) is 0 Å². The van der Waals surface area contributed by atoms with E-state index in [1.165, 1.54) is 0 Å². The number of halogens is 1. The van der Waals surface area contributed by atoms with Gasteiger partial charge in [0.05, 0.1) is 11.1 Å². The number of hydrogen-bond acceptors (Lipinski definition) is 3. The van der Waals surface area contributed by atoms with Gasteiger partial charge in [0.1, 0.15) is 6.67 Å². The first-order valence-corrected chi connectivity index (χ1v) is 7.36.